The van der Waals surface area contributed by atoms with E-state index in [2.05, 4.69) is 20.9 Å². The molecule has 1 rings (SSSR count). The summed E-state index contributed by atoms with van der Waals surface area (Å²) in [6, 6.07) is 4.46. The van der Waals surface area contributed by atoms with Crippen molar-refractivity contribution in [1.82, 2.24) is 20.9 Å². The van der Waals surface area contributed by atoms with Crippen LogP contribution >= 0.6 is 12.2 Å². The molecule has 0 saturated heterocycles. The third-order valence-electron chi connectivity index (χ3n) is 2.74. The summed E-state index contributed by atoms with van der Waals surface area (Å²) in [5, 5.41) is 3.19. The molecule has 0 aliphatic rings. The van der Waals surface area contributed by atoms with Gasteiger partial charge in [0.05, 0.1) is 4.90 Å². The average molecular weight is 344 g/mol. The summed E-state index contributed by atoms with van der Waals surface area (Å²) < 4.78 is 25.8. The first-order chi connectivity index (χ1) is 10.2. The molecule has 0 aliphatic heterocycles. The quantitative estimate of drug-likeness (QED) is 0.467. The monoisotopic (exact) mass is 344 g/mol. The molecule has 0 fully saturated rings. The number of aryl methyl sites for hydroxylation is 1. The van der Waals surface area contributed by atoms with Gasteiger partial charge in [-0.15, -0.1) is 0 Å². The molecule has 0 aliphatic carbocycles. The second-order valence-electron chi connectivity index (χ2n) is 4.89. The first-order valence-corrected chi connectivity index (χ1v) is 8.47. The molecule has 0 unspecified atom stereocenters. The Bertz CT molecular complexity index is 672. The van der Waals surface area contributed by atoms with Crippen molar-refractivity contribution in [3.63, 3.8) is 0 Å². The van der Waals surface area contributed by atoms with Crippen LogP contribution in [-0.4, -0.2) is 32.5 Å². The third kappa shape index (κ3) is 4.93. The lowest BCUT2D eigenvalue weighted by molar-refractivity contribution is 0.0942. The summed E-state index contributed by atoms with van der Waals surface area (Å²) in [7, 11) is -2.29. The summed E-state index contributed by atoms with van der Waals surface area (Å²) in [4.78, 5) is 12.2. The van der Waals surface area contributed by atoms with Crippen LogP contribution in [0.2, 0.25) is 0 Å². The maximum atomic E-state index is 12.1. The van der Waals surface area contributed by atoms with Crippen molar-refractivity contribution in [1.29, 1.82) is 0 Å². The van der Waals surface area contributed by atoms with Gasteiger partial charge in [0.25, 0.3) is 5.91 Å². The summed E-state index contributed by atoms with van der Waals surface area (Å²) in [6.07, 6.45) is 0. The minimum atomic E-state index is -3.61. The largest absolute Gasteiger partial charge is 0.359 e. The molecule has 4 N–H and O–H groups in total. The maximum absolute atomic E-state index is 12.1. The molecular weight excluding hydrogens is 324 g/mol. The third-order valence-corrected chi connectivity index (χ3v) is 4.37. The van der Waals surface area contributed by atoms with E-state index in [0.717, 1.165) is 0 Å². The molecule has 7 nitrogen and oxygen atoms in total. The molecule has 0 bridgehead atoms. The highest BCUT2D eigenvalue weighted by Crippen LogP contribution is 2.15. The van der Waals surface area contributed by atoms with Gasteiger partial charge in [0, 0.05) is 11.6 Å². The number of hydrazine groups is 1. The molecule has 0 saturated carbocycles. The number of carbonyl (C=O) groups is 1. The number of thiocarbonyl (C=S) groups is 1. The van der Waals surface area contributed by atoms with Crippen LogP contribution < -0.4 is 20.9 Å². The molecule has 0 spiro atoms. The molecule has 22 heavy (non-hydrogen) atoms. The Morgan fingerprint density at radius 2 is 1.86 bits per heavy atom. The summed E-state index contributed by atoms with van der Waals surface area (Å²) in [5.74, 6) is -0.474. The van der Waals surface area contributed by atoms with Crippen LogP contribution in [0.3, 0.4) is 0 Å². The number of sulfonamides is 1. The van der Waals surface area contributed by atoms with E-state index < -0.39 is 15.9 Å². The van der Waals surface area contributed by atoms with Crippen molar-refractivity contribution in [3.05, 3.63) is 29.3 Å². The fourth-order valence-corrected chi connectivity index (χ4v) is 2.65. The van der Waals surface area contributed by atoms with Crippen molar-refractivity contribution >= 4 is 33.3 Å². The second kappa shape index (κ2) is 7.52. The van der Waals surface area contributed by atoms with Crippen LogP contribution in [-0.2, 0) is 10.0 Å². The predicted octanol–water partition coefficient (Wildman–Crippen LogP) is 0.420. The van der Waals surface area contributed by atoms with Gasteiger partial charge in [0.15, 0.2) is 5.11 Å². The highest BCUT2D eigenvalue weighted by molar-refractivity contribution is 7.89. The smallest absolute Gasteiger partial charge is 0.269 e. The lowest BCUT2D eigenvalue weighted by Gasteiger charge is -2.15. The van der Waals surface area contributed by atoms with Crippen molar-refractivity contribution in [2.24, 2.45) is 0 Å². The zero-order valence-electron chi connectivity index (χ0n) is 12.9. The van der Waals surface area contributed by atoms with E-state index in [1.807, 2.05) is 13.8 Å². The number of benzene rings is 1. The Labute approximate surface area is 135 Å². The van der Waals surface area contributed by atoms with E-state index >= 15 is 0 Å². The Morgan fingerprint density at radius 3 is 2.41 bits per heavy atom. The highest BCUT2D eigenvalue weighted by atomic mass is 32.2. The van der Waals surface area contributed by atoms with Crippen molar-refractivity contribution in [2.45, 2.75) is 31.7 Å². The van der Waals surface area contributed by atoms with Gasteiger partial charge >= 0.3 is 0 Å². The number of carbonyl (C=O) groups excluding carboxylic acids is 1. The van der Waals surface area contributed by atoms with E-state index in [9.17, 15) is 13.2 Å². The van der Waals surface area contributed by atoms with E-state index in [1.54, 1.807) is 13.0 Å². The van der Waals surface area contributed by atoms with Crippen molar-refractivity contribution in [2.75, 3.05) is 7.05 Å². The van der Waals surface area contributed by atoms with Gasteiger partial charge < -0.3 is 5.32 Å². The van der Waals surface area contributed by atoms with Crippen LogP contribution in [0.4, 0.5) is 0 Å². The molecule has 0 aromatic heterocycles. The molecule has 1 aromatic rings. The molecular formula is C13H20N4O3S2. The number of amides is 1. The summed E-state index contributed by atoms with van der Waals surface area (Å²) >= 11 is 4.99. The molecule has 1 amide bonds. The van der Waals surface area contributed by atoms with Gasteiger partial charge in [-0.1, -0.05) is 6.07 Å². The van der Waals surface area contributed by atoms with Gasteiger partial charge in [0.1, 0.15) is 0 Å². The highest BCUT2D eigenvalue weighted by Gasteiger charge is 2.16. The zero-order valence-corrected chi connectivity index (χ0v) is 14.5. The van der Waals surface area contributed by atoms with Gasteiger partial charge in [-0.05, 0) is 57.7 Å². The standard InChI is InChI=1S/C13H20N4O3S2/c1-8(2)15-13(21)17-16-12(18)11-7-10(6-5-9(11)3)22(19,20)14-4/h5-8,14H,1-4H3,(H,16,18)(H2,15,17,21). The minimum absolute atomic E-state index is 0.0219. The molecule has 9 heteroatoms. The zero-order chi connectivity index (χ0) is 16.9. The molecule has 0 heterocycles. The Balaban J connectivity index is 2.90. The summed E-state index contributed by atoms with van der Waals surface area (Å²) in [6.45, 7) is 5.54. The number of hydrogen-bond donors (Lipinski definition) is 4. The van der Waals surface area contributed by atoms with E-state index in [1.165, 1.54) is 19.2 Å². The normalized spacial score (nSPS) is 11.1. The fraction of sp³-hybridized carbons (Fsp3) is 0.385. The minimum Gasteiger partial charge on any atom is -0.359 e. The second-order valence-corrected chi connectivity index (χ2v) is 7.19. The average Bonchev–Trinajstić information content (AvgIpc) is 2.44. The van der Waals surface area contributed by atoms with Gasteiger partial charge in [-0.3, -0.25) is 15.6 Å². The Hall–Kier alpha value is -1.71. The van der Waals surface area contributed by atoms with E-state index in [4.69, 9.17) is 12.2 Å². The van der Waals surface area contributed by atoms with Crippen LogP contribution in [0, 0.1) is 6.92 Å². The lowest BCUT2D eigenvalue weighted by Crippen LogP contribution is -2.48. The fourth-order valence-electron chi connectivity index (χ4n) is 1.61. The van der Waals surface area contributed by atoms with Gasteiger partial charge in [-0.25, -0.2) is 13.1 Å². The molecule has 0 atom stereocenters. The number of hydrogen-bond acceptors (Lipinski definition) is 4. The molecule has 0 radical (unpaired) electrons. The van der Waals surface area contributed by atoms with Crippen LogP contribution in [0.5, 0.6) is 0 Å². The maximum Gasteiger partial charge on any atom is 0.269 e. The predicted molar refractivity (Wildman–Crippen MR) is 88.9 cm³/mol. The SMILES string of the molecule is CNS(=O)(=O)c1ccc(C)c(C(=O)NNC(=S)NC(C)C)c1. The van der Waals surface area contributed by atoms with Crippen LogP contribution in [0.15, 0.2) is 23.1 Å². The van der Waals surface area contributed by atoms with E-state index in [-0.39, 0.29) is 21.6 Å². The first-order valence-electron chi connectivity index (χ1n) is 6.58. The Kier molecular flexibility index (Phi) is 6.27. The van der Waals surface area contributed by atoms with E-state index in [0.29, 0.717) is 5.56 Å². The topological polar surface area (TPSA) is 99.3 Å². The van der Waals surface area contributed by atoms with Crippen molar-refractivity contribution < 1.29 is 13.2 Å². The summed E-state index contributed by atoms with van der Waals surface area (Å²) in [5.41, 5.74) is 5.90. The number of rotatable bonds is 4. The van der Waals surface area contributed by atoms with Crippen LogP contribution in [0.25, 0.3) is 0 Å². The first kappa shape index (κ1) is 18.3. The van der Waals surface area contributed by atoms with Gasteiger partial charge in [0.2, 0.25) is 10.0 Å². The number of nitrogens with one attached hydrogen (secondary N) is 4. The van der Waals surface area contributed by atoms with Crippen LogP contribution in [0.1, 0.15) is 29.8 Å². The molecule has 1 aromatic carbocycles. The van der Waals surface area contributed by atoms with Crippen molar-refractivity contribution in [3.8, 4) is 0 Å². The Morgan fingerprint density at radius 1 is 1.23 bits per heavy atom. The molecule has 122 valence electrons. The van der Waals surface area contributed by atoms with Gasteiger partial charge in [-0.2, -0.15) is 0 Å². The lowest BCUT2D eigenvalue weighted by atomic mass is 10.1.